The van der Waals surface area contributed by atoms with Crippen LogP contribution in [0, 0.1) is 10.1 Å². The summed E-state index contributed by atoms with van der Waals surface area (Å²) in [5, 5.41) is 23.2. The van der Waals surface area contributed by atoms with E-state index in [1.807, 2.05) is 6.92 Å². The maximum absolute atomic E-state index is 10.6. The van der Waals surface area contributed by atoms with Gasteiger partial charge in [-0.1, -0.05) is 22.9 Å². The van der Waals surface area contributed by atoms with E-state index in [0.717, 1.165) is 23.0 Å². The van der Waals surface area contributed by atoms with Crippen LogP contribution < -0.4 is 5.32 Å². The zero-order chi connectivity index (χ0) is 13.5. The number of hydrogen-bond donors (Lipinski definition) is 2. The normalized spacial score (nSPS) is 12.4. The van der Waals surface area contributed by atoms with Crippen molar-refractivity contribution in [3.63, 3.8) is 0 Å². The molecule has 18 heavy (non-hydrogen) atoms. The topological polar surface area (TPSA) is 75.4 Å². The SMILES string of the molecule is CCC(O)CCNCc1ccc([N+](=O)[O-])cc1Br. The summed E-state index contributed by atoms with van der Waals surface area (Å²) in [5.41, 5.74) is 1.04. The second-order valence-electron chi connectivity index (χ2n) is 4.06. The van der Waals surface area contributed by atoms with E-state index in [1.54, 1.807) is 6.07 Å². The summed E-state index contributed by atoms with van der Waals surface area (Å²) in [6, 6.07) is 4.71. The van der Waals surface area contributed by atoms with Gasteiger partial charge in [-0.25, -0.2) is 0 Å². The zero-order valence-electron chi connectivity index (χ0n) is 10.2. The molecule has 100 valence electrons. The first-order chi connectivity index (χ1) is 8.54. The number of non-ortho nitro benzene ring substituents is 1. The van der Waals surface area contributed by atoms with Crippen LogP contribution >= 0.6 is 15.9 Å². The summed E-state index contributed by atoms with van der Waals surface area (Å²) in [5.74, 6) is 0. The summed E-state index contributed by atoms with van der Waals surface area (Å²) in [4.78, 5) is 10.2. The summed E-state index contributed by atoms with van der Waals surface area (Å²) in [6.07, 6.45) is 1.20. The summed E-state index contributed by atoms with van der Waals surface area (Å²) in [6.45, 7) is 3.28. The lowest BCUT2D eigenvalue weighted by molar-refractivity contribution is -0.384. The summed E-state index contributed by atoms with van der Waals surface area (Å²) < 4.78 is 0.722. The van der Waals surface area contributed by atoms with Gasteiger partial charge in [0.25, 0.3) is 5.69 Å². The quantitative estimate of drug-likeness (QED) is 0.460. The van der Waals surface area contributed by atoms with Crippen LogP contribution in [0.15, 0.2) is 22.7 Å². The van der Waals surface area contributed by atoms with E-state index in [1.165, 1.54) is 12.1 Å². The van der Waals surface area contributed by atoms with Gasteiger partial charge in [-0.05, 0) is 31.0 Å². The van der Waals surface area contributed by atoms with Crippen molar-refractivity contribution < 1.29 is 10.0 Å². The van der Waals surface area contributed by atoms with Crippen LogP contribution in [-0.2, 0) is 6.54 Å². The predicted molar refractivity (Wildman–Crippen MR) is 73.4 cm³/mol. The fraction of sp³-hybridized carbons (Fsp3) is 0.500. The Morgan fingerprint density at radius 1 is 1.56 bits per heavy atom. The van der Waals surface area contributed by atoms with Gasteiger partial charge < -0.3 is 10.4 Å². The molecule has 0 saturated heterocycles. The van der Waals surface area contributed by atoms with E-state index in [-0.39, 0.29) is 11.8 Å². The molecule has 1 aromatic rings. The first kappa shape index (κ1) is 15.1. The van der Waals surface area contributed by atoms with E-state index in [2.05, 4.69) is 21.2 Å². The third-order valence-corrected chi connectivity index (χ3v) is 3.43. The number of aliphatic hydroxyl groups excluding tert-OH is 1. The van der Waals surface area contributed by atoms with Crippen molar-refractivity contribution in [3.8, 4) is 0 Å². The van der Waals surface area contributed by atoms with Crippen LogP contribution in [0.3, 0.4) is 0 Å². The Labute approximate surface area is 114 Å². The van der Waals surface area contributed by atoms with Crippen molar-refractivity contribution in [2.45, 2.75) is 32.4 Å². The van der Waals surface area contributed by atoms with Crippen LogP contribution in [0.4, 0.5) is 5.69 Å². The number of benzene rings is 1. The van der Waals surface area contributed by atoms with E-state index in [0.29, 0.717) is 13.0 Å². The summed E-state index contributed by atoms with van der Waals surface area (Å²) in [7, 11) is 0. The maximum atomic E-state index is 10.6. The van der Waals surface area contributed by atoms with E-state index in [9.17, 15) is 15.2 Å². The molecule has 1 unspecified atom stereocenters. The lowest BCUT2D eigenvalue weighted by Crippen LogP contribution is -2.19. The van der Waals surface area contributed by atoms with Crippen molar-refractivity contribution in [2.24, 2.45) is 0 Å². The molecule has 5 nitrogen and oxygen atoms in total. The van der Waals surface area contributed by atoms with Gasteiger partial charge in [0, 0.05) is 23.2 Å². The first-order valence-electron chi connectivity index (χ1n) is 5.86. The third-order valence-electron chi connectivity index (χ3n) is 2.69. The smallest absolute Gasteiger partial charge is 0.270 e. The van der Waals surface area contributed by atoms with Crippen LogP contribution in [0.2, 0.25) is 0 Å². The van der Waals surface area contributed by atoms with Gasteiger partial charge in [-0.3, -0.25) is 10.1 Å². The van der Waals surface area contributed by atoms with Gasteiger partial charge in [0.1, 0.15) is 0 Å². The number of nitrogens with zero attached hydrogens (tertiary/aromatic N) is 1. The number of nitrogens with one attached hydrogen (secondary N) is 1. The zero-order valence-corrected chi connectivity index (χ0v) is 11.8. The minimum atomic E-state index is -0.417. The molecular weight excluding hydrogens is 300 g/mol. The second-order valence-corrected chi connectivity index (χ2v) is 4.91. The molecule has 0 amide bonds. The van der Waals surface area contributed by atoms with Crippen LogP contribution in [0.5, 0.6) is 0 Å². The minimum absolute atomic E-state index is 0.0760. The van der Waals surface area contributed by atoms with Gasteiger partial charge in [-0.15, -0.1) is 0 Å². The second kappa shape index (κ2) is 7.45. The van der Waals surface area contributed by atoms with Crippen LogP contribution in [0.25, 0.3) is 0 Å². The van der Waals surface area contributed by atoms with Crippen LogP contribution in [-0.4, -0.2) is 22.7 Å². The number of nitro benzene ring substituents is 1. The Morgan fingerprint density at radius 2 is 2.28 bits per heavy atom. The number of rotatable bonds is 7. The fourth-order valence-electron chi connectivity index (χ4n) is 1.49. The van der Waals surface area contributed by atoms with Crippen molar-refractivity contribution in [2.75, 3.05) is 6.54 Å². The van der Waals surface area contributed by atoms with Gasteiger partial charge in [0.05, 0.1) is 11.0 Å². The third kappa shape index (κ3) is 4.72. The molecule has 0 aliphatic heterocycles. The fourth-order valence-corrected chi connectivity index (χ4v) is 2.00. The van der Waals surface area contributed by atoms with Crippen molar-refractivity contribution in [1.82, 2.24) is 5.32 Å². The maximum Gasteiger partial charge on any atom is 0.270 e. The Kier molecular flexibility index (Phi) is 6.24. The van der Waals surface area contributed by atoms with E-state index < -0.39 is 4.92 Å². The molecule has 0 aliphatic carbocycles. The molecule has 1 atom stereocenters. The molecule has 0 spiro atoms. The molecule has 6 heteroatoms. The first-order valence-corrected chi connectivity index (χ1v) is 6.65. The highest BCUT2D eigenvalue weighted by molar-refractivity contribution is 9.10. The number of nitro groups is 1. The lowest BCUT2D eigenvalue weighted by atomic mass is 10.2. The highest BCUT2D eigenvalue weighted by atomic mass is 79.9. The van der Waals surface area contributed by atoms with Crippen molar-refractivity contribution in [1.29, 1.82) is 0 Å². The molecule has 1 rings (SSSR count). The van der Waals surface area contributed by atoms with Crippen molar-refractivity contribution >= 4 is 21.6 Å². The number of aliphatic hydroxyl groups is 1. The average Bonchev–Trinajstić information content (AvgIpc) is 2.35. The molecule has 0 heterocycles. The molecule has 0 saturated carbocycles. The standard InChI is InChI=1S/C12H17BrN2O3/c1-2-11(16)5-6-14-8-9-3-4-10(15(17)18)7-12(9)13/h3-4,7,11,14,16H,2,5-6,8H2,1H3. The predicted octanol–water partition coefficient (Wildman–Crippen LogP) is 2.61. The Bertz CT molecular complexity index is 412. The largest absolute Gasteiger partial charge is 0.393 e. The monoisotopic (exact) mass is 316 g/mol. The molecule has 2 N–H and O–H groups in total. The molecule has 0 radical (unpaired) electrons. The van der Waals surface area contributed by atoms with Gasteiger partial charge in [0.2, 0.25) is 0 Å². The Morgan fingerprint density at radius 3 is 2.83 bits per heavy atom. The number of hydrogen-bond acceptors (Lipinski definition) is 4. The molecular formula is C12H17BrN2O3. The lowest BCUT2D eigenvalue weighted by Gasteiger charge is -2.09. The average molecular weight is 317 g/mol. The highest BCUT2D eigenvalue weighted by Gasteiger charge is 2.08. The van der Waals surface area contributed by atoms with E-state index >= 15 is 0 Å². The van der Waals surface area contributed by atoms with Gasteiger partial charge in [-0.2, -0.15) is 0 Å². The van der Waals surface area contributed by atoms with Crippen LogP contribution in [0.1, 0.15) is 25.3 Å². The van der Waals surface area contributed by atoms with E-state index in [4.69, 9.17) is 0 Å². The molecule has 0 aromatic heterocycles. The minimum Gasteiger partial charge on any atom is -0.393 e. The molecule has 0 aliphatic rings. The summed E-state index contributed by atoms with van der Waals surface area (Å²) >= 11 is 3.32. The molecule has 0 fully saturated rings. The van der Waals surface area contributed by atoms with Gasteiger partial charge >= 0.3 is 0 Å². The highest BCUT2D eigenvalue weighted by Crippen LogP contribution is 2.22. The Hall–Kier alpha value is -0.980. The number of halogens is 1. The van der Waals surface area contributed by atoms with Gasteiger partial charge in [0.15, 0.2) is 0 Å². The molecule has 1 aromatic carbocycles. The molecule has 0 bridgehead atoms. The van der Waals surface area contributed by atoms with Crippen molar-refractivity contribution in [3.05, 3.63) is 38.3 Å². The Balaban J connectivity index is 2.46.